The molecule has 0 aromatic heterocycles. The molecule has 10 heteroatoms. The van der Waals surface area contributed by atoms with Crippen molar-refractivity contribution in [3.05, 3.63) is 78.9 Å². The normalized spacial score (nSPS) is 25.9. The molecule has 2 aliphatic heterocycles. The Morgan fingerprint density at radius 1 is 0.844 bits per heavy atom. The number of fused-ring (bicyclic) bond motifs is 1. The summed E-state index contributed by atoms with van der Waals surface area (Å²) in [4.78, 5) is 0. The van der Waals surface area contributed by atoms with Crippen LogP contribution >= 0.6 is 0 Å². The van der Waals surface area contributed by atoms with E-state index in [9.17, 15) is 5.11 Å². The molecule has 0 spiro atoms. The Morgan fingerprint density at radius 3 is 1.96 bits per heavy atom. The second-order valence-corrected chi connectivity index (χ2v) is 17.1. The van der Waals surface area contributed by atoms with Crippen LogP contribution in [0, 0.1) is 0 Å². The van der Waals surface area contributed by atoms with Crippen LogP contribution in [0.3, 0.4) is 0 Å². The second kappa shape index (κ2) is 13.4. The molecule has 9 nitrogen and oxygen atoms in total. The average molecular weight is 638 g/mol. The molecule has 5 rings (SSSR count). The highest BCUT2D eigenvalue weighted by atomic mass is 28.4. The molecule has 1 saturated heterocycles. The third-order valence-electron chi connectivity index (χ3n) is 9.03. The number of hydrogen-bond donors (Lipinski definition) is 2. The summed E-state index contributed by atoms with van der Waals surface area (Å²) in [6, 6.07) is 26.5. The third kappa shape index (κ3) is 6.51. The Hall–Kier alpha value is -2.96. The van der Waals surface area contributed by atoms with Crippen molar-refractivity contribution in [1.82, 2.24) is 0 Å². The molecule has 5 atom stereocenters. The van der Waals surface area contributed by atoms with E-state index in [2.05, 4.69) is 74.6 Å². The molecule has 0 amide bonds. The summed E-state index contributed by atoms with van der Waals surface area (Å²) >= 11 is 0. The number of benzene rings is 3. The van der Waals surface area contributed by atoms with Crippen molar-refractivity contribution in [3.63, 3.8) is 0 Å². The number of methoxy groups -OCH3 is 2. The SMILES string of the molecule is CO[C@]1(C)O[C@@H]([C@H](O)CNc2ccc3c(c2)OCCO3)[C@H](CO[Si](c2ccccc2)(c2ccccc2)C(C)(C)C)O[C@@]1(C)OC. The van der Waals surface area contributed by atoms with Crippen LogP contribution in [0.2, 0.25) is 5.04 Å². The monoisotopic (exact) mass is 637 g/mol. The number of rotatable bonds is 11. The molecule has 0 aliphatic carbocycles. The Labute approximate surface area is 267 Å². The first-order chi connectivity index (χ1) is 21.5. The van der Waals surface area contributed by atoms with Gasteiger partial charge in [-0.25, -0.2) is 0 Å². The van der Waals surface area contributed by atoms with Gasteiger partial charge < -0.3 is 43.3 Å². The van der Waals surface area contributed by atoms with Crippen molar-refractivity contribution in [2.45, 2.75) is 69.5 Å². The third-order valence-corrected chi connectivity index (χ3v) is 14.0. The lowest BCUT2D eigenvalue weighted by Crippen LogP contribution is -2.70. The van der Waals surface area contributed by atoms with Gasteiger partial charge in [0.1, 0.15) is 31.5 Å². The van der Waals surface area contributed by atoms with Crippen molar-refractivity contribution in [3.8, 4) is 11.5 Å². The molecular weight excluding hydrogens is 590 g/mol. The summed E-state index contributed by atoms with van der Waals surface area (Å²) in [5.74, 6) is -1.22. The Balaban J connectivity index is 1.45. The van der Waals surface area contributed by atoms with Crippen LogP contribution in [0.15, 0.2) is 78.9 Å². The van der Waals surface area contributed by atoms with Gasteiger partial charge in [0.25, 0.3) is 8.32 Å². The van der Waals surface area contributed by atoms with Gasteiger partial charge in [0.05, 0.1) is 6.61 Å². The first-order valence-electron chi connectivity index (χ1n) is 15.5. The van der Waals surface area contributed by atoms with Crippen molar-refractivity contribution in [2.24, 2.45) is 0 Å². The second-order valence-electron chi connectivity index (χ2n) is 12.8. The standard InChI is InChI=1S/C35H47NO8Si/c1-33(2,3)45(26-14-10-8-11-15-26,27-16-12-9-13-17-27)42-24-31-32(44-35(5,39-7)34(4,38-6)43-31)28(37)23-36-25-18-19-29-30(22-25)41-21-20-40-29/h8-19,22,28,31-32,36-37H,20-21,23-24H2,1-7H3/t28-,31+,32+,34-,35-/m1/s1. The van der Waals surface area contributed by atoms with Gasteiger partial charge in [-0.2, -0.15) is 0 Å². The molecule has 0 bridgehead atoms. The molecular formula is C35H47NO8Si. The summed E-state index contributed by atoms with van der Waals surface area (Å²) in [7, 11) is 0.181. The molecule has 0 saturated carbocycles. The largest absolute Gasteiger partial charge is 0.486 e. The molecule has 45 heavy (non-hydrogen) atoms. The average Bonchev–Trinajstić information content (AvgIpc) is 3.05. The van der Waals surface area contributed by atoms with Gasteiger partial charge in [0.15, 0.2) is 11.5 Å². The highest BCUT2D eigenvalue weighted by Crippen LogP contribution is 2.42. The van der Waals surface area contributed by atoms with E-state index >= 15 is 0 Å². The topological polar surface area (TPSA) is 96.9 Å². The van der Waals surface area contributed by atoms with Crippen molar-refractivity contribution in [2.75, 3.05) is 45.9 Å². The van der Waals surface area contributed by atoms with Gasteiger partial charge in [-0.05, 0) is 41.4 Å². The Kier molecular flexibility index (Phi) is 9.95. The van der Waals surface area contributed by atoms with E-state index in [1.165, 1.54) is 7.11 Å². The smallest absolute Gasteiger partial charge is 0.261 e. The predicted octanol–water partition coefficient (Wildman–Crippen LogP) is 4.32. The van der Waals surface area contributed by atoms with Crippen molar-refractivity contribution >= 4 is 24.4 Å². The minimum Gasteiger partial charge on any atom is -0.486 e. The zero-order valence-corrected chi connectivity index (χ0v) is 28.4. The minimum atomic E-state index is -2.91. The van der Waals surface area contributed by atoms with Gasteiger partial charge in [-0.15, -0.1) is 0 Å². The number of nitrogens with one attached hydrogen (secondary N) is 1. The van der Waals surface area contributed by atoms with Crippen LogP contribution in [-0.4, -0.2) is 83.9 Å². The fraction of sp³-hybridized carbons (Fsp3) is 0.486. The minimum absolute atomic E-state index is 0.151. The van der Waals surface area contributed by atoms with Crippen LogP contribution in [0.4, 0.5) is 5.69 Å². The zero-order valence-electron chi connectivity index (χ0n) is 27.4. The Morgan fingerprint density at radius 2 is 1.40 bits per heavy atom. The molecule has 3 aromatic carbocycles. The van der Waals surface area contributed by atoms with E-state index < -0.39 is 38.2 Å². The summed E-state index contributed by atoms with van der Waals surface area (Å²) in [6.45, 7) is 11.5. The van der Waals surface area contributed by atoms with Gasteiger partial charge >= 0.3 is 0 Å². The maximum atomic E-state index is 11.7. The highest BCUT2D eigenvalue weighted by Gasteiger charge is 2.59. The lowest BCUT2D eigenvalue weighted by Gasteiger charge is -2.53. The van der Waals surface area contributed by atoms with Gasteiger partial charge in [0.2, 0.25) is 11.6 Å². The summed E-state index contributed by atoms with van der Waals surface area (Å²) in [5.41, 5.74) is 0.784. The van der Waals surface area contributed by atoms with E-state index in [1.807, 2.05) is 30.3 Å². The molecule has 2 N–H and O–H groups in total. The van der Waals surface area contributed by atoms with E-state index in [1.54, 1.807) is 21.0 Å². The Bertz CT molecular complexity index is 1360. The molecule has 3 aromatic rings. The lowest BCUT2D eigenvalue weighted by molar-refractivity contribution is -0.454. The molecule has 0 unspecified atom stereocenters. The predicted molar refractivity (Wildman–Crippen MR) is 176 cm³/mol. The maximum Gasteiger partial charge on any atom is 0.261 e. The lowest BCUT2D eigenvalue weighted by atomic mass is 10.0. The fourth-order valence-corrected chi connectivity index (χ4v) is 10.9. The van der Waals surface area contributed by atoms with Crippen molar-refractivity contribution in [1.29, 1.82) is 0 Å². The van der Waals surface area contributed by atoms with E-state index in [4.69, 9.17) is 32.8 Å². The molecule has 0 radical (unpaired) electrons. The molecule has 2 aliphatic rings. The quantitative estimate of drug-likeness (QED) is 0.298. The van der Waals surface area contributed by atoms with E-state index in [-0.39, 0.29) is 18.2 Å². The van der Waals surface area contributed by atoms with Crippen LogP contribution in [-0.2, 0) is 23.4 Å². The van der Waals surface area contributed by atoms with Crippen LogP contribution in [0.25, 0.3) is 0 Å². The zero-order chi connectivity index (χ0) is 32.3. The summed E-state index contributed by atoms with van der Waals surface area (Å²) < 4.78 is 43.5. The van der Waals surface area contributed by atoms with Gasteiger partial charge in [-0.3, -0.25) is 0 Å². The van der Waals surface area contributed by atoms with Crippen LogP contribution in [0.1, 0.15) is 34.6 Å². The first kappa shape index (κ1) is 33.4. The number of ether oxygens (including phenoxy) is 6. The molecule has 2 heterocycles. The van der Waals surface area contributed by atoms with Gasteiger partial charge in [-0.1, -0.05) is 81.4 Å². The van der Waals surface area contributed by atoms with Crippen molar-refractivity contribution < 1.29 is 38.0 Å². The first-order valence-corrected chi connectivity index (χ1v) is 17.4. The van der Waals surface area contributed by atoms with Crippen LogP contribution < -0.4 is 25.2 Å². The number of aliphatic hydroxyl groups excluding tert-OH is 1. The van der Waals surface area contributed by atoms with Crippen LogP contribution in [0.5, 0.6) is 11.5 Å². The molecule has 244 valence electrons. The maximum absolute atomic E-state index is 11.7. The molecule has 1 fully saturated rings. The van der Waals surface area contributed by atoms with E-state index in [0.717, 1.165) is 16.1 Å². The summed E-state index contributed by atoms with van der Waals surface area (Å²) in [5, 5.41) is 17.0. The number of anilines is 1. The highest BCUT2D eigenvalue weighted by molar-refractivity contribution is 6.99. The fourth-order valence-electron chi connectivity index (χ4n) is 6.29. The van der Waals surface area contributed by atoms with Gasteiger partial charge in [0, 0.05) is 32.5 Å². The van der Waals surface area contributed by atoms with E-state index in [0.29, 0.717) is 24.7 Å². The summed E-state index contributed by atoms with van der Waals surface area (Å²) in [6.07, 6.45) is -2.51. The number of hydrogen-bond acceptors (Lipinski definition) is 9. The number of aliphatic hydroxyl groups is 1.